The Morgan fingerprint density at radius 3 is 2.46 bits per heavy atom. The second kappa shape index (κ2) is 10.4. The highest BCUT2D eigenvalue weighted by atomic mass is 16.6. The maximum Gasteiger partial charge on any atom is 0.407 e. The van der Waals surface area contributed by atoms with E-state index in [2.05, 4.69) is 22.3 Å². The Bertz CT molecular complexity index is 531. The zero-order valence-electron chi connectivity index (χ0n) is 16.6. The third-order valence-electron chi connectivity index (χ3n) is 4.34. The molecular formula is C21H34N2O3. The number of carbonyl (C=O) groups is 1. The molecule has 0 aliphatic carbocycles. The fourth-order valence-corrected chi connectivity index (χ4v) is 3.04. The normalized spacial score (nSPS) is 15.5. The van der Waals surface area contributed by atoms with Crippen molar-refractivity contribution in [1.29, 1.82) is 0 Å². The van der Waals surface area contributed by atoms with E-state index >= 15 is 0 Å². The zero-order valence-corrected chi connectivity index (χ0v) is 16.6. The number of nitrogens with zero attached hydrogens (tertiary/aromatic N) is 1. The molecule has 0 unspecified atom stereocenters. The van der Waals surface area contributed by atoms with E-state index in [0.29, 0.717) is 6.54 Å². The molecule has 0 saturated carbocycles. The second-order valence-corrected chi connectivity index (χ2v) is 7.93. The lowest BCUT2D eigenvalue weighted by Gasteiger charge is -2.26. The zero-order chi connectivity index (χ0) is 18.8. The van der Waals surface area contributed by atoms with Gasteiger partial charge in [0.05, 0.1) is 6.61 Å². The van der Waals surface area contributed by atoms with Crippen molar-refractivity contribution in [3.05, 3.63) is 29.8 Å². The summed E-state index contributed by atoms with van der Waals surface area (Å²) in [5.74, 6) is 0.910. The van der Waals surface area contributed by atoms with Gasteiger partial charge in [-0.15, -0.1) is 0 Å². The fourth-order valence-electron chi connectivity index (χ4n) is 3.04. The highest BCUT2D eigenvalue weighted by Gasteiger charge is 2.15. The van der Waals surface area contributed by atoms with Gasteiger partial charge in [0.25, 0.3) is 0 Å². The van der Waals surface area contributed by atoms with Crippen LogP contribution in [-0.2, 0) is 11.2 Å². The van der Waals surface area contributed by atoms with Crippen LogP contribution >= 0.6 is 0 Å². The van der Waals surface area contributed by atoms with E-state index in [1.54, 1.807) is 0 Å². The molecule has 0 aromatic heterocycles. The summed E-state index contributed by atoms with van der Waals surface area (Å²) in [6.45, 7) is 10.5. The second-order valence-electron chi connectivity index (χ2n) is 7.93. The SMILES string of the molecule is CC(C)(C)OC(=O)NCCc1ccc(OCCCN2CCCCC2)cc1. The van der Waals surface area contributed by atoms with Gasteiger partial charge in [-0.3, -0.25) is 0 Å². The summed E-state index contributed by atoms with van der Waals surface area (Å²) in [6, 6.07) is 8.11. The monoisotopic (exact) mass is 362 g/mol. The molecule has 0 bridgehead atoms. The summed E-state index contributed by atoms with van der Waals surface area (Å²) in [7, 11) is 0. The number of piperidine rings is 1. The predicted molar refractivity (Wildman–Crippen MR) is 105 cm³/mol. The lowest BCUT2D eigenvalue weighted by Crippen LogP contribution is -2.33. The number of benzene rings is 1. The molecule has 2 rings (SSSR count). The minimum atomic E-state index is -0.461. The molecule has 26 heavy (non-hydrogen) atoms. The van der Waals surface area contributed by atoms with E-state index in [1.165, 1.54) is 37.9 Å². The molecule has 1 aromatic carbocycles. The first-order valence-electron chi connectivity index (χ1n) is 9.83. The number of hydrogen-bond donors (Lipinski definition) is 1. The molecule has 1 amide bonds. The van der Waals surface area contributed by atoms with Gasteiger partial charge in [-0.1, -0.05) is 18.6 Å². The highest BCUT2D eigenvalue weighted by Crippen LogP contribution is 2.14. The van der Waals surface area contributed by atoms with Crippen LogP contribution in [0, 0.1) is 0 Å². The first-order chi connectivity index (χ1) is 12.4. The number of hydrogen-bond acceptors (Lipinski definition) is 4. The standard InChI is InChI=1S/C21H34N2O3/c1-21(2,3)26-20(24)22-13-12-18-8-10-19(11-9-18)25-17-7-16-23-14-5-4-6-15-23/h8-11H,4-7,12-17H2,1-3H3,(H,22,24). The smallest absolute Gasteiger partial charge is 0.407 e. The molecule has 0 atom stereocenters. The van der Waals surface area contributed by atoms with Crippen molar-refractivity contribution in [1.82, 2.24) is 10.2 Å². The van der Waals surface area contributed by atoms with Crippen molar-refractivity contribution in [2.45, 2.75) is 58.5 Å². The van der Waals surface area contributed by atoms with Crippen LogP contribution in [0.2, 0.25) is 0 Å². The van der Waals surface area contributed by atoms with Gasteiger partial charge in [0.1, 0.15) is 11.4 Å². The molecule has 0 radical (unpaired) electrons. The minimum Gasteiger partial charge on any atom is -0.494 e. The van der Waals surface area contributed by atoms with Crippen molar-refractivity contribution < 1.29 is 14.3 Å². The number of carbonyl (C=O) groups excluding carboxylic acids is 1. The molecule has 1 N–H and O–H groups in total. The van der Waals surface area contributed by atoms with Gasteiger partial charge in [-0.2, -0.15) is 0 Å². The first-order valence-corrected chi connectivity index (χ1v) is 9.83. The van der Waals surface area contributed by atoms with Crippen molar-refractivity contribution in [2.24, 2.45) is 0 Å². The molecule has 1 saturated heterocycles. The summed E-state index contributed by atoms with van der Waals surface area (Å²) in [6.07, 6.45) is 5.53. The third-order valence-corrected chi connectivity index (χ3v) is 4.34. The van der Waals surface area contributed by atoms with E-state index < -0.39 is 5.60 Å². The van der Waals surface area contributed by atoms with E-state index in [1.807, 2.05) is 32.9 Å². The molecule has 1 heterocycles. The number of amides is 1. The van der Waals surface area contributed by atoms with E-state index in [-0.39, 0.29) is 6.09 Å². The van der Waals surface area contributed by atoms with Crippen LogP contribution in [-0.4, -0.2) is 49.4 Å². The van der Waals surface area contributed by atoms with Gasteiger partial charge in [0, 0.05) is 13.1 Å². The highest BCUT2D eigenvalue weighted by molar-refractivity contribution is 5.67. The van der Waals surface area contributed by atoms with Crippen molar-refractivity contribution in [2.75, 3.05) is 32.8 Å². The topological polar surface area (TPSA) is 50.8 Å². The quantitative estimate of drug-likeness (QED) is 0.710. The Labute approximate surface area is 158 Å². The fraction of sp³-hybridized carbons (Fsp3) is 0.667. The Balaban J connectivity index is 1.59. The van der Waals surface area contributed by atoms with Crippen molar-refractivity contribution in [3.63, 3.8) is 0 Å². The lowest BCUT2D eigenvalue weighted by atomic mass is 10.1. The summed E-state index contributed by atoms with van der Waals surface area (Å²) >= 11 is 0. The maximum atomic E-state index is 11.6. The number of alkyl carbamates (subject to hydrolysis) is 1. The van der Waals surface area contributed by atoms with E-state index in [0.717, 1.165) is 31.7 Å². The molecule has 146 valence electrons. The van der Waals surface area contributed by atoms with Crippen LogP contribution in [0.3, 0.4) is 0 Å². The Morgan fingerprint density at radius 1 is 1.12 bits per heavy atom. The van der Waals surface area contributed by atoms with Gasteiger partial charge >= 0.3 is 6.09 Å². The summed E-state index contributed by atoms with van der Waals surface area (Å²) < 4.78 is 11.1. The van der Waals surface area contributed by atoms with Crippen LogP contribution in [0.25, 0.3) is 0 Å². The number of rotatable bonds is 8. The van der Waals surface area contributed by atoms with E-state index in [4.69, 9.17) is 9.47 Å². The van der Waals surface area contributed by atoms with Crippen LogP contribution in [0.15, 0.2) is 24.3 Å². The van der Waals surface area contributed by atoms with Crippen molar-refractivity contribution in [3.8, 4) is 5.75 Å². The molecule has 1 aliphatic rings. The number of ether oxygens (including phenoxy) is 2. The van der Waals surface area contributed by atoms with Gasteiger partial charge in [0.2, 0.25) is 0 Å². The molecule has 5 nitrogen and oxygen atoms in total. The Morgan fingerprint density at radius 2 is 1.81 bits per heavy atom. The van der Waals surface area contributed by atoms with Crippen LogP contribution in [0.5, 0.6) is 5.75 Å². The van der Waals surface area contributed by atoms with Crippen LogP contribution in [0.4, 0.5) is 4.79 Å². The molecule has 1 aromatic rings. The van der Waals surface area contributed by atoms with Gasteiger partial charge in [0.15, 0.2) is 0 Å². The van der Waals surface area contributed by atoms with Gasteiger partial charge in [-0.25, -0.2) is 4.79 Å². The summed E-state index contributed by atoms with van der Waals surface area (Å²) in [4.78, 5) is 14.1. The van der Waals surface area contributed by atoms with Gasteiger partial charge < -0.3 is 19.7 Å². The molecule has 5 heteroatoms. The lowest BCUT2D eigenvalue weighted by molar-refractivity contribution is 0.0528. The molecule has 1 fully saturated rings. The molecule has 0 spiro atoms. The van der Waals surface area contributed by atoms with E-state index in [9.17, 15) is 4.79 Å². The Kier molecular flexibility index (Phi) is 8.23. The minimum absolute atomic E-state index is 0.369. The third kappa shape index (κ3) is 8.56. The average Bonchev–Trinajstić information content (AvgIpc) is 2.59. The largest absolute Gasteiger partial charge is 0.494 e. The number of nitrogens with one attached hydrogen (secondary N) is 1. The predicted octanol–water partition coefficient (Wildman–Crippen LogP) is 4.01. The Hall–Kier alpha value is -1.75. The summed E-state index contributed by atoms with van der Waals surface area (Å²) in [5.41, 5.74) is 0.707. The molecule has 1 aliphatic heterocycles. The van der Waals surface area contributed by atoms with Crippen LogP contribution in [0.1, 0.15) is 52.0 Å². The molecular weight excluding hydrogens is 328 g/mol. The van der Waals surface area contributed by atoms with Gasteiger partial charge in [-0.05, 0) is 77.2 Å². The average molecular weight is 363 g/mol. The summed E-state index contributed by atoms with van der Waals surface area (Å²) in [5, 5.41) is 2.78. The van der Waals surface area contributed by atoms with Crippen molar-refractivity contribution >= 4 is 6.09 Å². The number of likely N-dealkylation sites (tertiary alicyclic amines) is 1. The van der Waals surface area contributed by atoms with Crippen LogP contribution < -0.4 is 10.1 Å². The maximum absolute atomic E-state index is 11.6. The first kappa shape index (κ1) is 20.6.